The number of rotatable bonds is 6. The molecule has 1 aliphatic rings. The van der Waals surface area contributed by atoms with Crippen molar-refractivity contribution in [3.05, 3.63) is 69.7 Å². The van der Waals surface area contributed by atoms with Gasteiger partial charge >= 0.3 is 0 Å². The SMILES string of the molecule is Cc1ccc(C)c([C@@H](C)NC(=O)[C@H]2CCCN(S(=O)(=O)Cc3ccc(Cl)cc3)C2)c1. The number of sulfonamides is 1. The first-order valence-electron chi connectivity index (χ1n) is 10.3. The molecule has 3 rings (SSSR count). The van der Waals surface area contributed by atoms with Gasteiger partial charge in [0.05, 0.1) is 17.7 Å². The summed E-state index contributed by atoms with van der Waals surface area (Å²) in [5, 5.41) is 3.66. The molecule has 2 aromatic rings. The van der Waals surface area contributed by atoms with Crippen LogP contribution in [0.25, 0.3) is 0 Å². The highest BCUT2D eigenvalue weighted by Gasteiger charge is 2.33. The van der Waals surface area contributed by atoms with E-state index in [-0.39, 0.29) is 30.2 Å². The fourth-order valence-electron chi connectivity index (χ4n) is 3.93. The highest BCUT2D eigenvalue weighted by atomic mass is 35.5. The normalized spacial score (nSPS) is 18.7. The standard InChI is InChI=1S/C23H29ClN2O3S/c1-16-6-7-17(2)22(13-16)18(3)25-23(27)20-5-4-12-26(14-20)30(28,29)15-19-8-10-21(24)11-9-19/h6-11,13,18,20H,4-5,12,14-15H2,1-3H3,(H,25,27)/t18-,20+/m1/s1. The van der Waals surface area contributed by atoms with Crippen LogP contribution in [0.5, 0.6) is 0 Å². The summed E-state index contributed by atoms with van der Waals surface area (Å²) in [7, 11) is -3.50. The molecule has 0 aliphatic carbocycles. The molecule has 2 aromatic carbocycles. The molecule has 1 amide bonds. The van der Waals surface area contributed by atoms with Gasteiger partial charge in [-0.05, 0) is 62.4 Å². The number of hydrogen-bond acceptors (Lipinski definition) is 3. The van der Waals surface area contributed by atoms with E-state index in [1.54, 1.807) is 24.3 Å². The minimum atomic E-state index is -3.50. The molecule has 0 saturated carbocycles. The Morgan fingerprint density at radius 1 is 1.20 bits per heavy atom. The lowest BCUT2D eigenvalue weighted by molar-refractivity contribution is -0.126. The Labute approximate surface area is 184 Å². The number of aryl methyl sites for hydroxylation is 2. The summed E-state index contributed by atoms with van der Waals surface area (Å²) in [5.41, 5.74) is 4.05. The second kappa shape index (κ2) is 9.50. The molecule has 1 fully saturated rings. The summed E-state index contributed by atoms with van der Waals surface area (Å²) >= 11 is 5.89. The Hall–Kier alpha value is -1.89. The van der Waals surface area contributed by atoms with Crippen LogP contribution in [0.3, 0.4) is 0 Å². The van der Waals surface area contributed by atoms with E-state index in [1.165, 1.54) is 4.31 Å². The molecule has 2 atom stereocenters. The largest absolute Gasteiger partial charge is 0.349 e. The first-order valence-corrected chi connectivity index (χ1v) is 12.2. The molecular formula is C23H29ClN2O3S. The van der Waals surface area contributed by atoms with E-state index in [2.05, 4.69) is 23.5 Å². The first-order chi connectivity index (χ1) is 14.2. The van der Waals surface area contributed by atoms with Crippen LogP contribution < -0.4 is 5.32 Å². The summed E-state index contributed by atoms with van der Waals surface area (Å²) in [6.07, 6.45) is 1.37. The van der Waals surface area contributed by atoms with E-state index in [0.717, 1.165) is 16.7 Å². The molecular weight excluding hydrogens is 420 g/mol. The molecule has 0 unspecified atom stereocenters. The lowest BCUT2D eigenvalue weighted by atomic mass is 9.96. The number of nitrogens with zero attached hydrogens (tertiary/aromatic N) is 1. The summed E-state index contributed by atoms with van der Waals surface area (Å²) in [6, 6.07) is 12.9. The van der Waals surface area contributed by atoms with E-state index >= 15 is 0 Å². The maximum Gasteiger partial charge on any atom is 0.224 e. The third kappa shape index (κ3) is 5.62. The van der Waals surface area contributed by atoms with Gasteiger partial charge in [-0.1, -0.05) is 47.5 Å². The van der Waals surface area contributed by atoms with Crippen molar-refractivity contribution in [1.82, 2.24) is 9.62 Å². The van der Waals surface area contributed by atoms with Crippen molar-refractivity contribution in [2.45, 2.75) is 45.4 Å². The number of piperidine rings is 1. The molecule has 5 nitrogen and oxygen atoms in total. The second-order valence-corrected chi connectivity index (χ2v) is 10.6. The maximum absolute atomic E-state index is 12.9. The van der Waals surface area contributed by atoms with Gasteiger partial charge in [-0.25, -0.2) is 12.7 Å². The lowest BCUT2D eigenvalue weighted by Crippen LogP contribution is -2.46. The number of hydrogen-bond donors (Lipinski definition) is 1. The van der Waals surface area contributed by atoms with Crippen LogP contribution in [0.2, 0.25) is 5.02 Å². The number of carbonyl (C=O) groups excluding carboxylic acids is 1. The van der Waals surface area contributed by atoms with Crippen molar-refractivity contribution in [3.63, 3.8) is 0 Å². The predicted molar refractivity (Wildman–Crippen MR) is 121 cm³/mol. The molecule has 1 heterocycles. The zero-order chi connectivity index (χ0) is 21.9. The minimum Gasteiger partial charge on any atom is -0.349 e. The van der Waals surface area contributed by atoms with Crippen molar-refractivity contribution in [1.29, 1.82) is 0 Å². The summed E-state index contributed by atoms with van der Waals surface area (Å²) in [4.78, 5) is 12.9. The van der Waals surface area contributed by atoms with Crippen LogP contribution in [0.15, 0.2) is 42.5 Å². The van der Waals surface area contributed by atoms with Crippen LogP contribution in [-0.2, 0) is 20.6 Å². The zero-order valence-electron chi connectivity index (χ0n) is 17.7. The van der Waals surface area contributed by atoms with Crippen LogP contribution in [0, 0.1) is 19.8 Å². The van der Waals surface area contributed by atoms with Gasteiger partial charge in [0.15, 0.2) is 0 Å². The predicted octanol–water partition coefficient (Wildman–Crippen LogP) is 4.38. The molecule has 30 heavy (non-hydrogen) atoms. The average Bonchev–Trinajstić information content (AvgIpc) is 2.71. The Morgan fingerprint density at radius 2 is 1.90 bits per heavy atom. The third-order valence-electron chi connectivity index (χ3n) is 5.67. The van der Waals surface area contributed by atoms with E-state index in [9.17, 15) is 13.2 Å². The quantitative estimate of drug-likeness (QED) is 0.713. The van der Waals surface area contributed by atoms with Crippen molar-refractivity contribution in [2.24, 2.45) is 5.92 Å². The van der Waals surface area contributed by atoms with Crippen LogP contribution >= 0.6 is 11.6 Å². The zero-order valence-corrected chi connectivity index (χ0v) is 19.3. The fraction of sp³-hybridized carbons (Fsp3) is 0.435. The summed E-state index contributed by atoms with van der Waals surface area (Å²) in [6.45, 7) is 6.70. The van der Waals surface area contributed by atoms with E-state index in [1.807, 2.05) is 20.8 Å². The van der Waals surface area contributed by atoms with Gasteiger partial charge in [-0.2, -0.15) is 0 Å². The van der Waals surface area contributed by atoms with Crippen molar-refractivity contribution in [2.75, 3.05) is 13.1 Å². The van der Waals surface area contributed by atoms with Gasteiger partial charge in [0.2, 0.25) is 15.9 Å². The van der Waals surface area contributed by atoms with Crippen LogP contribution in [0.4, 0.5) is 0 Å². The van der Waals surface area contributed by atoms with Crippen LogP contribution in [-0.4, -0.2) is 31.7 Å². The molecule has 7 heteroatoms. The summed E-state index contributed by atoms with van der Waals surface area (Å²) < 4.78 is 27.2. The molecule has 0 spiro atoms. The highest BCUT2D eigenvalue weighted by molar-refractivity contribution is 7.88. The molecule has 1 saturated heterocycles. The lowest BCUT2D eigenvalue weighted by Gasteiger charge is -2.32. The number of amides is 1. The summed E-state index contributed by atoms with van der Waals surface area (Å²) in [5.74, 6) is -0.515. The fourth-order valence-corrected chi connectivity index (χ4v) is 5.66. The number of halogens is 1. The van der Waals surface area contributed by atoms with Crippen molar-refractivity contribution < 1.29 is 13.2 Å². The van der Waals surface area contributed by atoms with Gasteiger partial charge in [0, 0.05) is 18.1 Å². The Morgan fingerprint density at radius 3 is 2.60 bits per heavy atom. The average molecular weight is 449 g/mol. The molecule has 162 valence electrons. The Bertz CT molecular complexity index is 1010. The van der Waals surface area contributed by atoms with E-state index in [4.69, 9.17) is 11.6 Å². The molecule has 0 radical (unpaired) electrons. The molecule has 1 aliphatic heterocycles. The molecule has 1 N–H and O–H groups in total. The van der Waals surface area contributed by atoms with Gasteiger partial charge in [0.1, 0.15) is 0 Å². The second-order valence-electron chi connectivity index (χ2n) is 8.17. The Balaban J connectivity index is 1.65. The third-order valence-corrected chi connectivity index (χ3v) is 7.74. The van der Waals surface area contributed by atoms with Crippen molar-refractivity contribution >= 4 is 27.5 Å². The topological polar surface area (TPSA) is 66.5 Å². The highest BCUT2D eigenvalue weighted by Crippen LogP contribution is 2.24. The molecule has 0 aromatic heterocycles. The maximum atomic E-state index is 12.9. The van der Waals surface area contributed by atoms with Gasteiger partial charge < -0.3 is 5.32 Å². The first kappa shape index (κ1) is 22.8. The van der Waals surface area contributed by atoms with Crippen molar-refractivity contribution in [3.8, 4) is 0 Å². The van der Waals surface area contributed by atoms with E-state index in [0.29, 0.717) is 30.0 Å². The monoisotopic (exact) mass is 448 g/mol. The Kier molecular flexibility index (Phi) is 7.22. The minimum absolute atomic E-state index is 0.0859. The smallest absolute Gasteiger partial charge is 0.224 e. The van der Waals surface area contributed by atoms with Gasteiger partial charge in [-0.15, -0.1) is 0 Å². The van der Waals surface area contributed by atoms with Crippen LogP contribution in [0.1, 0.15) is 48.1 Å². The molecule has 0 bridgehead atoms. The number of benzene rings is 2. The number of nitrogens with one attached hydrogen (secondary N) is 1. The number of carbonyl (C=O) groups is 1. The van der Waals surface area contributed by atoms with Gasteiger partial charge in [0.25, 0.3) is 0 Å². The van der Waals surface area contributed by atoms with Gasteiger partial charge in [-0.3, -0.25) is 4.79 Å². The van der Waals surface area contributed by atoms with E-state index < -0.39 is 10.0 Å².